The van der Waals surface area contributed by atoms with E-state index in [4.69, 9.17) is 9.84 Å². The van der Waals surface area contributed by atoms with Crippen molar-refractivity contribution < 1.29 is 14.6 Å². The van der Waals surface area contributed by atoms with Gasteiger partial charge in [0.05, 0.1) is 12.5 Å². The molecule has 0 atom stereocenters. The van der Waals surface area contributed by atoms with Crippen LogP contribution in [0, 0.1) is 5.92 Å². The largest absolute Gasteiger partial charge is 0.463 e. The number of carbonyl (C=O) groups excluding carboxylic acids is 1. The van der Waals surface area contributed by atoms with Gasteiger partial charge in [0.15, 0.2) is 0 Å². The summed E-state index contributed by atoms with van der Waals surface area (Å²) in [6.07, 6.45) is 4.20. The van der Waals surface area contributed by atoms with Crippen LogP contribution in [0.4, 0.5) is 0 Å². The molecular formula is C8H14O3. The van der Waals surface area contributed by atoms with Gasteiger partial charge in [-0.1, -0.05) is 12.8 Å². The minimum Gasteiger partial charge on any atom is -0.463 e. The summed E-state index contributed by atoms with van der Waals surface area (Å²) in [7, 11) is 0. The molecule has 0 aliphatic heterocycles. The summed E-state index contributed by atoms with van der Waals surface area (Å²) in [6, 6.07) is 0. The van der Waals surface area contributed by atoms with Crippen LogP contribution < -0.4 is 0 Å². The highest BCUT2D eigenvalue weighted by atomic mass is 16.5. The molecule has 1 N–H and O–H groups in total. The lowest BCUT2D eigenvalue weighted by Gasteiger charge is -2.07. The van der Waals surface area contributed by atoms with Gasteiger partial charge in [0.25, 0.3) is 0 Å². The summed E-state index contributed by atoms with van der Waals surface area (Å²) in [5, 5.41) is 8.38. The van der Waals surface area contributed by atoms with Crippen molar-refractivity contribution in [1.29, 1.82) is 0 Å². The molecule has 0 bridgehead atoms. The topological polar surface area (TPSA) is 46.5 Å². The molecule has 3 nitrogen and oxygen atoms in total. The molecule has 0 radical (unpaired) electrons. The number of ether oxygens (including phenoxy) is 1. The molecule has 0 amide bonds. The van der Waals surface area contributed by atoms with Gasteiger partial charge in [0.1, 0.15) is 6.61 Å². The summed E-state index contributed by atoms with van der Waals surface area (Å²) in [5.74, 6) is -0.0156. The molecule has 0 aromatic heterocycles. The number of esters is 1. The van der Waals surface area contributed by atoms with E-state index >= 15 is 0 Å². The van der Waals surface area contributed by atoms with Gasteiger partial charge in [-0.3, -0.25) is 4.79 Å². The highest BCUT2D eigenvalue weighted by Crippen LogP contribution is 2.25. The Hall–Kier alpha value is -0.570. The van der Waals surface area contributed by atoms with Gasteiger partial charge < -0.3 is 9.84 Å². The third kappa shape index (κ3) is 2.50. The number of hydrogen-bond acceptors (Lipinski definition) is 3. The van der Waals surface area contributed by atoms with Gasteiger partial charge in [-0.2, -0.15) is 0 Å². The zero-order valence-corrected chi connectivity index (χ0v) is 6.58. The Kier molecular flexibility index (Phi) is 3.36. The molecule has 0 saturated heterocycles. The summed E-state index contributed by atoms with van der Waals surface area (Å²) in [6.45, 7) is 0.0772. The minimum atomic E-state index is -0.128. The Morgan fingerprint density at radius 1 is 1.45 bits per heavy atom. The third-order valence-corrected chi connectivity index (χ3v) is 2.02. The van der Waals surface area contributed by atoms with Crippen LogP contribution in [0.1, 0.15) is 25.7 Å². The lowest BCUT2D eigenvalue weighted by molar-refractivity contribution is -0.149. The fraction of sp³-hybridized carbons (Fsp3) is 0.875. The van der Waals surface area contributed by atoms with Crippen molar-refractivity contribution in [1.82, 2.24) is 0 Å². The summed E-state index contributed by atoms with van der Waals surface area (Å²) >= 11 is 0. The molecule has 0 aromatic rings. The lowest BCUT2D eigenvalue weighted by atomic mass is 10.1. The molecule has 1 rings (SSSR count). The first-order valence-electron chi connectivity index (χ1n) is 4.12. The summed E-state index contributed by atoms with van der Waals surface area (Å²) < 4.78 is 4.79. The monoisotopic (exact) mass is 158 g/mol. The fourth-order valence-corrected chi connectivity index (χ4v) is 1.43. The number of hydrogen-bond donors (Lipinski definition) is 1. The van der Waals surface area contributed by atoms with E-state index in [1.54, 1.807) is 0 Å². The Morgan fingerprint density at radius 3 is 2.64 bits per heavy atom. The second-order valence-corrected chi connectivity index (χ2v) is 2.87. The highest BCUT2D eigenvalue weighted by Gasteiger charge is 2.23. The number of rotatable bonds is 3. The minimum absolute atomic E-state index is 0.0710. The van der Waals surface area contributed by atoms with Crippen molar-refractivity contribution in [2.75, 3.05) is 13.2 Å². The van der Waals surface area contributed by atoms with E-state index in [1.807, 2.05) is 0 Å². The van der Waals surface area contributed by atoms with Crippen LogP contribution in [0.25, 0.3) is 0 Å². The molecule has 0 heterocycles. The highest BCUT2D eigenvalue weighted by molar-refractivity contribution is 5.72. The molecule has 11 heavy (non-hydrogen) atoms. The van der Waals surface area contributed by atoms with Gasteiger partial charge in [0.2, 0.25) is 0 Å². The number of aliphatic hydroxyl groups is 1. The van der Waals surface area contributed by atoms with E-state index in [9.17, 15) is 4.79 Å². The predicted molar refractivity (Wildman–Crippen MR) is 40.0 cm³/mol. The second-order valence-electron chi connectivity index (χ2n) is 2.87. The zero-order chi connectivity index (χ0) is 8.10. The van der Waals surface area contributed by atoms with Crippen LogP contribution in [0.3, 0.4) is 0 Å². The second kappa shape index (κ2) is 4.34. The van der Waals surface area contributed by atoms with Crippen LogP contribution in [0.15, 0.2) is 0 Å². The molecule has 1 aliphatic carbocycles. The van der Waals surface area contributed by atoms with Gasteiger partial charge in [-0.05, 0) is 12.8 Å². The smallest absolute Gasteiger partial charge is 0.309 e. The van der Waals surface area contributed by atoms with E-state index < -0.39 is 0 Å². The van der Waals surface area contributed by atoms with E-state index in [1.165, 1.54) is 0 Å². The zero-order valence-electron chi connectivity index (χ0n) is 6.58. The number of carbonyl (C=O) groups is 1. The molecule has 64 valence electrons. The summed E-state index contributed by atoms with van der Waals surface area (Å²) in [5.41, 5.74) is 0. The average molecular weight is 158 g/mol. The molecule has 3 heteroatoms. The molecule has 0 spiro atoms. The molecule has 1 aliphatic rings. The van der Waals surface area contributed by atoms with Crippen molar-refractivity contribution >= 4 is 5.97 Å². The first kappa shape index (κ1) is 8.53. The van der Waals surface area contributed by atoms with Crippen LogP contribution in [-0.2, 0) is 9.53 Å². The van der Waals surface area contributed by atoms with Crippen molar-refractivity contribution in [3.05, 3.63) is 0 Å². The maximum absolute atomic E-state index is 11.1. The Labute approximate surface area is 66.4 Å². The lowest BCUT2D eigenvalue weighted by Crippen LogP contribution is -2.16. The molecule has 1 fully saturated rings. The molecule has 1 saturated carbocycles. The quantitative estimate of drug-likeness (QED) is 0.615. The Balaban J connectivity index is 2.17. The van der Waals surface area contributed by atoms with Crippen LogP contribution in [0.5, 0.6) is 0 Å². The first-order valence-corrected chi connectivity index (χ1v) is 4.12. The van der Waals surface area contributed by atoms with Crippen LogP contribution in [0.2, 0.25) is 0 Å². The average Bonchev–Trinajstić information content (AvgIpc) is 2.52. The van der Waals surface area contributed by atoms with Gasteiger partial charge in [-0.15, -0.1) is 0 Å². The standard InChI is InChI=1S/C8H14O3/c9-5-6-11-8(10)7-3-1-2-4-7/h7,9H,1-6H2. The first-order chi connectivity index (χ1) is 5.34. The van der Waals surface area contributed by atoms with E-state index in [-0.39, 0.29) is 25.1 Å². The maximum Gasteiger partial charge on any atom is 0.309 e. The van der Waals surface area contributed by atoms with E-state index in [2.05, 4.69) is 0 Å². The SMILES string of the molecule is O=C(OCCO)C1CCCC1. The number of aliphatic hydroxyl groups excluding tert-OH is 1. The molecule has 0 aromatic carbocycles. The Morgan fingerprint density at radius 2 is 2.09 bits per heavy atom. The van der Waals surface area contributed by atoms with E-state index in [0.29, 0.717) is 0 Å². The Bertz CT molecular complexity index is 127. The normalized spacial score (nSPS) is 18.6. The van der Waals surface area contributed by atoms with Crippen molar-refractivity contribution in [2.45, 2.75) is 25.7 Å². The van der Waals surface area contributed by atoms with Gasteiger partial charge in [0, 0.05) is 0 Å². The maximum atomic E-state index is 11.1. The van der Waals surface area contributed by atoms with Gasteiger partial charge >= 0.3 is 5.97 Å². The van der Waals surface area contributed by atoms with Crippen molar-refractivity contribution in [3.8, 4) is 0 Å². The van der Waals surface area contributed by atoms with Crippen LogP contribution >= 0.6 is 0 Å². The van der Waals surface area contributed by atoms with Crippen LogP contribution in [-0.4, -0.2) is 24.3 Å². The fourth-order valence-electron chi connectivity index (χ4n) is 1.43. The van der Waals surface area contributed by atoms with E-state index in [0.717, 1.165) is 25.7 Å². The van der Waals surface area contributed by atoms with Gasteiger partial charge in [-0.25, -0.2) is 0 Å². The van der Waals surface area contributed by atoms with Crippen molar-refractivity contribution in [2.24, 2.45) is 5.92 Å². The third-order valence-electron chi connectivity index (χ3n) is 2.02. The van der Waals surface area contributed by atoms with Crippen molar-refractivity contribution in [3.63, 3.8) is 0 Å². The molecule has 0 unspecified atom stereocenters. The molecular weight excluding hydrogens is 144 g/mol. The summed E-state index contributed by atoms with van der Waals surface area (Å²) in [4.78, 5) is 11.1. The predicted octanol–water partition coefficient (Wildman–Crippen LogP) is 0.712.